The average Bonchev–Trinajstić information content (AvgIpc) is 2.91. The predicted molar refractivity (Wildman–Crippen MR) is 93.2 cm³/mol. The van der Waals surface area contributed by atoms with E-state index in [1.165, 1.54) is 6.07 Å². The molecule has 0 radical (unpaired) electrons. The molecular weight excluding hydrogens is 322 g/mol. The molecule has 2 unspecified atom stereocenters. The van der Waals surface area contributed by atoms with Crippen molar-refractivity contribution in [2.45, 2.75) is 25.0 Å². The molecule has 0 aliphatic heterocycles. The lowest BCUT2D eigenvalue weighted by Gasteiger charge is -2.18. The molecule has 1 aliphatic carbocycles. The molecule has 3 N–H and O–H groups in total. The fraction of sp³-hybridized carbons (Fsp3) is 0.278. The first kappa shape index (κ1) is 16.9. The van der Waals surface area contributed by atoms with Crippen LogP contribution in [0.15, 0.2) is 48.5 Å². The second kappa shape index (κ2) is 7.31. The number of fused-ring (bicyclic) bond motifs is 1. The number of amides is 1. The van der Waals surface area contributed by atoms with Crippen molar-refractivity contribution in [2.75, 3.05) is 11.9 Å². The van der Waals surface area contributed by atoms with Crippen molar-refractivity contribution in [3.63, 3.8) is 0 Å². The van der Waals surface area contributed by atoms with Gasteiger partial charge in [0.15, 0.2) is 0 Å². The van der Waals surface area contributed by atoms with Gasteiger partial charge in [-0.05, 0) is 17.2 Å². The number of nitrogens with zero attached hydrogens (tertiary/aromatic N) is 1. The molecule has 2 aromatic rings. The van der Waals surface area contributed by atoms with E-state index >= 15 is 0 Å². The van der Waals surface area contributed by atoms with Crippen LogP contribution in [0.2, 0.25) is 0 Å². The summed E-state index contributed by atoms with van der Waals surface area (Å²) >= 11 is 0. The quantitative estimate of drug-likeness (QED) is 0.552. The van der Waals surface area contributed by atoms with Gasteiger partial charge in [-0.3, -0.25) is 14.9 Å². The highest BCUT2D eigenvalue weighted by Crippen LogP contribution is 2.31. The second-order valence-electron chi connectivity index (χ2n) is 5.97. The SMILES string of the molecule is O=C(CCNc1ccccc1[N+](=O)[O-])NC1c2ccccc2CC1O. The van der Waals surface area contributed by atoms with Gasteiger partial charge in [0, 0.05) is 25.5 Å². The Morgan fingerprint density at radius 3 is 2.72 bits per heavy atom. The Balaban J connectivity index is 1.55. The molecule has 1 aliphatic rings. The molecule has 2 aromatic carbocycles. The van der Waals surface area contributed by atoms with Crippen LogP contribution < -0.4 is 10.6 Å². The van der Waals surface area contributed by atoms with Crippen LogP contribution in [-0.4, -0.2) is 28.6 Å². The monoisotopic (exact) mass is 341 g/mol. The largest absolute Gasteiger partial charge is 0.390 e. The van der Waals surface area contributed by atoms with Crippen molar-refractivity contribution < 1.29 is 14.8 Å². The van der Waals surface area contributed by atoms with Crippen molar-refractivity contribution >= 4 is 17.3 Å². The fourth-order valence-electron chi connectivity index (χ4n) is 3.09. The van der Waals surface area contributed by atoms with E-state index in [-0.39, 0.29) is 24.6 Å². The van der Waals surface area contributed by atoms with Gasteiger partial charge in [-0.25, -0.2) is 0 Å². The summed E-state index contributed by atoms with van der Waals surface area (Å²) in [4.78, 5) is 22.7. The number of nitrogens with one attached hydrogen (secondary N) is 2. The van der Waals surface area contributed by atoms with E-state index in [2.05, 4.69) is 10.6 Å². The molecule has 25 heavy (non-hydrogen) atoms. The number of hydrogen-bond donors (Lipinski definition) is 3. The van der Waals surface area contributed by atoms with E-state index in [0.29, 0.717) is 12.1 Å². The summed E-state index contributed by atoms with van der Waals surface area (Å²) < 4.78 is 0. The number of carbonyl (C=O) groups is 1. The molecule has 0 spiro atoms. The Morgan fingerprint density at radius 1 is 1.20 bits per heavy atom. The number of carbonyl (C=O) groups excluding carboxylic acids is 1. The number of aliphatic hydroxyl groups excluding tert-OH is 1. The summed E-state index contributed by atoms with van der Waals surface area (Å²) in [6, 6.07) is 13.5. The van der Waals surface area contributed by atoms with Gasteiger partial charge < -0.3 is 15.7 Å². The minimum atomic E-state index is -0.635. The van der Waals surface area contributed by atoms with Gasteiger partial charge in [0.1, 0.15) is 5.69 Å². The van der Waals surface area contributed by atoms with Crippen LogP contribution in [0.3, 0.4) is 0 Å². The molecule has 3 rings (SSSR count). The molecule has 0 aromatic heterocycles. The summed E-state index contributed by atoms with van der Waals surface area (Å²) in [5.41, 5.74) is 2.34. The average molecular weight is 341 g/mol. The molecular formula is C18H19N3O4. The van der Waals surface area contributed by atoms with Crippen LogP contribution in [0.1, 0.15) is 23.6 Å². The lowest BCUT2D eigenvalue weighted by Crippen LogP contribution is -2.34. The number of benzene rings is 2. The van der Waals surface area contributed by atoms with Gasteiger partial charge in [-0.1, -0.05) is 36.4 Å². The Hall–Kier alpha value is -2.93. The standard InChI is InChI=1S/C18H19N3O4/c22-16-11-12-5-1-2-6-13(12)18(16)20-17(23)9-10-19-14-7-3-4-8-15(14)21(24)25/h1-8,16,18-19,22H,9-11H2,(H,20,23). The Bertz CT molecular complexity index is 793. The van der Waals surface area contributed by atoms with Crippen LogP contribution in [0.25, 0.3) is 0 Å². The van der Waals surface area contributed by atoms with Gasteiger partial charge in [0.05, 0.1) is 17.1 Å². The van der Waals surface area contributed by atoms with Crippen LogP contribution >= 0.6 is 0 Å². The maximum atomic E-state index is 12.2. The van der Waals surface area contributed by atoms with E-state index in [9.17, 15) is 20.0 Å². The zero-order valence-corrected chi connectivity index (χ0v) is 13.5. The van der Waals surface area contributed by atoms with Crippen molar-refractivity contribution in [3.8, 4) is 0 Å². The molecule has 1 amide bonds. The van der Waals surface area contributed by atoms with Gasteiger partial charge in [0.25, 0.3) is 5.69 Å². The summed E-state index contributed by atoms with van der Waals surface area (Å²) in [6.45, 7) is 0.265. The molecule has 130 valence electrons. The molecule has 0 saturated heterocycles. The number of aliphatic hydroxyl groups is 1. The minimum absolute atomic E-state index is 0.0250. The third-order valence-corrected chi connectivity index (χ3v) is 4.29. The molecule has 0 heterocycles. The molecule has 0 bridgehead atoms. The highest BCUT2D eigenvalue weighted by molar-refractivity contribution is 5.77. The van der Waals surface area contributed by atoms with Gasteiger partial charge in [0.2, 0.25) is 5.91 Å². The van der Waals surface area contributed by atoms with E-state index in [1.54, 1.807) is 18.2 Å². The van der Waals surface area contributed by atoms with Crippen molar-refractivity contribution in [2.24, 2.45) is 0 Å². The lowest BCUT2D eigenvalue weighted by molar-refractivity contribution is -0.384. The molecule has 0 saturated carbocycles. The van der Waals surface area contributed by atoms with Gasteiger partial charge in [-0.15, -0.1) is 0 Å². The topological polar surface area (TPSA) is 104 Å². The zero-order valence-electron chi connectivity index (χ0n) is 13.5. The molecule has 0 fully saturated rings. The lowest BCUT2D eigenvalue weighted by atomic mass is 10.1. The number of nitro benzene ring substituents is 1. The summed E-state index contributed by atoms with van der Waals surface area (Å²) in [5.74, 6) is -0.216. The number of hydrogen-bond acceptors (Lipinski definition) is 5. The van der Waals surface area contributed by atoms with E-state index in [1.807, 2.05) is 24.3 Å². The van der Waals surface area contributed by atoms with Gasteiger partial charge >= 0.3 is 0 Å². The number of anilines is 1. The first-order valence-electron chi connectivity index (χ1n) is 8.09. The van der Waals surface area contributed by atoms with Gasteiger partial charge in [-0.2, -0.15) is 0 Å². The van der Waals surface area contributed by atoms with Crippen molar-refractivity contribution in [3.05, 3.63) is 69.8 Å². The Labute approximate surface area is 144 Å². The number of nitro groups is 1. The first-order chi connectivity index (χ1) is 12.1. The zero-order chi connectivity index (χ0) is 17.8. The van der Waals surface area contributed by atoms with Crippen molar-refractivity contribution in [1.82, 2.24) is 5.32 Å². The molecule has 2 atom stereocenters. The van der Waals surface area contributed by atoms with Crippen LogP contribution in [-0.2, 0) is 11.2 Å². The fourth-order valence-corrected chi connectivity index (χ4v) is 3.09. The smallest absolute Gasteiger partial charge is 0.292 e. The van der Waals surface area contributed by atoms with E-state index in [0.717, 1.165) is 11.1 Å². The second-order valence-corrected chi connectivity index (χ2v) is 5.97. The van der Waals surface area contributed by atoms with Crippen LogP contribution in [0.5, 0.6) is 0 Å². The van der Waals surface area contributed by atoms with E-state index < -0.39 is 17.1 Å². The normalized spacial score (nSPS) is 18.4. The Kier molecular flexibility index (Phi) is 4.95. The summed E-state index contributed by atoms with van der Waals surface area (Å²) in [5, 5.41) is 26.9. The highest BCUT2D eigenvalue weighted by Gasteiger charge is 2.31. The predicted octanol–water partition coefficient (Wildman–Crippen LogP) is 2.17. The van der Waals surface area contributed by atoms with Crippen LogP contribution in [0, 0.1) is 10.1 Å². The molecule has 7 heteroatoms. The summed E-state index contributed by atoms with van der Waals surface area (Å²) in [6.07, 6.45) is 0.0389. The number of para-hydroxylation sites is 2. The third kappa shape index (κ3) is 3.77. The van der Waals surface area contributed by atoms with E-state index in [4.69, 9.17) is 0 Å². The van der Waals surface area contributed by atoms with Crippen LogP contribution in [0.4, 0.5) is 11.4 Å². The maximum absolute atomic E-state index is 12.2. The maximum Gasteiger partial charge on any atom is 0.292 e. The highest BCUT2D eigenvalue weighted by atomic mass is 16.6. The van der Waals surface area contributed by atoms with Crippen molar-refractivity contribution in [1.29, 1.82) is 0 Å². The number of rotatable bonds is 6. The third-order valence-electron chi connectivity index (χ3n) is 4.29. The summed E-state index contributed by atoms with van der Waals surface area (Å²) in [7, 11) is 0. The Morgan fingerprint density at radius 2 is 1.92 bits per heavy atom. The minimum Gasteiger partial charge on any atom is -0.390 e. The molecule has 7 nitrogen and oxygen atoms in total. The first-order valence-corrected chi connectivity index (χ1v) is 8.09.